The van der Waals surface area contributed by atoms with Gasteiger partial charge in [0.05, 0.1) is 25.8 Å². The van der Waals surface area contributed by atoms with Crippen molar-refractivity contribution in [3.8, 4) is 0 Å². The van der Waals surface area contributed by atoms with Crippen molar-refractivity contribution in [2.75, 3.05) is 19.6 Å². The number of nitrogens with zero attached hydrogens (tertiary/aromatic N) is 1. The van der Waals surface area contributed by atoms with Crippen molar-refractivity contribution in [3.63, 3.8) is 0 Å². The van der Waals surface area contributed by atoms with Gasteiger partial charge in [0.15, 0.2) is 0 Å². The van der Waals surface area contributed by atoms with Crippen LogP contribution in [-0.2, 0) is 0 Å². The third-order valence-electron chi connectivity index (χ3n) is 3.54. The second-order valence-electron chi connectivity index (χ2n) is 4.40. The van der Waals surface area contributed by atoms with Crippen molar-refractivity contribution in [3.05, 3.63) is 12.3 Å². The summed E-state index contributed by atoms with van der Waals surface area (Å²) in [4.78, 5) is 0. The Morgan fingerprint density at radius 3 is 1.87 bits per heavy atom. The molecule has 0 heterocycles. The van der Waals surface area contributed by atoms with Gasteiger partial charge in [-0.05, 0) is 39.7 Å². The Balaban J connectivity index is 3.80. The molecule has 0 saturated carbocycles. The van der Waals surface area contributed by atoms with Crippen LogP contribution in [0, 0.1) is 0 Å². The number of rotatable bonds is 9. The molecule has 0 unspecified atom stereocenters. The van der Waals surface area contributed by atoms with Crippen molar-refractivity contribution in [2.45, 2.75) is 59.8 Å². The van der Waals surface area contributed by atoms with Gasteiger partial charge in [0.25, 0.3) is 0 Å². The minimum Gasteiger partial charge on any atom is -0.298 e. The van der Waals surface area contributed by atoms with Gasteiger partial charge < -0.3 is 0 Å². The Morgan fingerprint density at radius 2 is 1.40 bits per heavy atom. The van der Waals surface area contributed by atoms with Crippen LogP contribution < -0.4 is 0 Å². The number of allylic oxidation sites excluding steroid dienone is 1. The fourth-order valence-electron chi connectivity index (χ4n) is 1.97. The highest BCUT2D eigenvalue weighted by Crippen LogP contribution is 2.09. The lowest BCUT2D eigenvalue weighted by Gasteiger charge is -2.31. The molecule has 90 valence electrons. The third kappa shape index (κ3) is 5.99. The average Bonchev–Trinajstić information content (AvgIpc) is 2.29. The predicted molar refractivity (Wildman–Crippen MR) is 69.8 cm³/mol. The van der Waals surface area contributed by atoms with Gasteiger partial charge >= 0.3 is 0 Å². The Bertz CT molecular complexity index is 148. The van der Waals surface area contributed by atoms with Crippen LogP contribution in [0.25, 0.3) is 0 Å². The largest absolute Gasteiger partial charge is 0.298 e. The minimum absolute atomic E-state index is 1.15. The van der Waals surface area contributed by atoms with Gasteiger partial charge in [-0.25, -0.2) is 0 Å². The second kappa shape index (κ2) is 8.96. The number of unbranched alkanes of at least 4 members (excludes halogenated alkanes) is 4. The van der Waals surface area contributed by atoms with Gasteiger partial charge in [0.2, 0.25) is 0 Å². The Hall–Kier alpha value is -0.300. The third-order valence-corrected chi connectivity index (χ3v) is 3.54. The maximum Gasteiger partial charge on any atom is 0.0917 e. The van der Waals surface area contributed by atoms with E-state index in [9.17, 15) is 0 Å². The van der Waals surface area contributed by atoms with E-state index in [4.69, 9.17) is 0 Å². The zero-order valence-corrected chi connectivity index (χ0v) is 11.3. The highest BCUT2D eigenvalue weighted by Gasteiger charge is 2.15. The molecule has 0 aliphatic heterocycles. The lowest BCUT2D eigenvalue weighted by atomic mass is 10.1. The molecule has 0 amide bonds. The van der Waals surface area contributed by atoms with Crippen molar-refractivity contribution >= 4 is 0 Å². The van der Waals surface area contributed by atoms with E-state index >= 15 is 0 Å². The maximum absolute atomic E-state index is 2.42. The molecule has 0 saturated heterocycles. The van der Waals surface area contributed by atoms with Crippen LogP contribution in [-0.4, -0.2) is 24.1 Å². The number of quaternary nitrogens is 1. The smallest absolute Gasteiger partial charge is 0.0917 e. The molecule has 0 spiro atoms. The summed E-state index contributed by atoms with van der Waals surface area (Å²) in [7, 11) is 0. The highest BCUT2D eigenvalue weighted by molar-refractivity contribution is 4.74. The molecule has 0 fully saturated rings. The number of hydrogen-bond donors (Lipinski definition) is 0. The molecule has 0 aromatic rings. The standard InChI is InChI=1S/C14H30N/c1-5-9-10-11-12-13-14-15(6-2,7-3)8-4/h13-14H,5-12H2,1-4H3/q+1/b14-13+. The monoisotopic (exact) mass is 212 g/mol. The van der Waals surface area contributed by atoms with E-state index < -0.39 is 0 Å². The van der Waals surface area contributed by atoms with Crippen LogP contribution in [0.3, 0.4) is 0 Å². The highest BCUT2D eigenvalue weighted by atomic mass is 15.3. The summed E-state index contributed by atoms with van der Waals surface area (Å²) in [6, 6.07) is 0. The quantitative estimate of drug-likeness (QED) is 0.394. The molecule has 0 N–H and O–H groups in total. The molecule has 1 heteroatoms. The van der Waals surface area contributed by atoms with E-state index in [1.54, 1.807) is 0 Å². The Kier molecular flexibility index (Phi) is 8.79. The first kappa shape index (κ1) is 14.7. The first-order valence-electron chi connectivity index (χ1n) is 6.78. The molecule has 15 heavy (non-hydrogen) atoms. The normalized spacial score (nSPS) is 12.5. The summed E-state index contributed by atoms with van der Waals surface area (Å²) in [6.45, 7) is 12.8. The van der Waals surface area contributed by atoms with Crippen LogP contribution in [0.5, 0.6) is 0 Å². The van der Waals surface area contributed by atoms with Crippen LogP contribution in [0.4, 0.5) is 0 Å². The SMILES string of the molecule is CCCCCC/C=C/[N+](CC)(CC)CC. The molecular weight excluding hydrogens is 182 g/mol. The van der Waals surface area contributed by atoms with E-state index in [0.29, 0.717) is 0 Å². The number of hydrogen-bond acceptors (Lipinski definition) is 0. The summed E-state index contributed by atoms with van der Waals surface area (Å²) in [5.41, 5.74) is 0. The average molecular weight is 212 g/mol. The van der Waals surface area contributed by atoms with Gasteiger partial charge in [-0.3, -0.25) is 4.48 Å². The lowest BCUT2D eigenvalue weighted by molar-refractivity contribution is -0.874. The molecule has 0 aromatic carbocycles. The molecule has 0 radical (unpaired) electrons. The van der Waals surface area contributed by atoms with Crippen LogP contribution in [0.1, 0.15) is 59.8 Å². The van der Waals surface area contributed by atoms with Gasteiger partial charge in [0, 0.05) is 0 Å². The first-order chi connectivity index (χ1) is 7.24. The summed E-state index contributed by atoms with van der Waals surface area (Å²) in [5, 5.41) is 0. The molecule has 1 nitrogen and oxygen atoms in total. The Labute approximate surface area is 96.8 Å². The summed E-state index contributed by atoms with van der Waals surface area (Å²) >= 11 is 0. The van der Waals surface area contributed by atoms with E-state index in [1.165, 1.54) is 51.7 Å². The van der Waals surface area contributed by atoms with Crippen LogP contribution >= 0.6 is 0 Å². The van der Waals surface area contributed by atoms with Crippen LogP contribution in [0.15, 0.2) is 12.3 Å². The minimum atomic E-state index is 1.15. The molecular formula is C14H30N+. The van der Waals surface area contributed by atoms with E-state index in [2.05, 4.69) is 40.0 Å². The zero-order chi connectivity index (χ0) is 11.6. The Morgan fingerprint density at radius 1 is 0.800 bits per heavy atom. The van der Waals surface area contributed by atoms with Crippen molar-refractivity contribution in [1.82, 2.24) is 0 Å². The van der Waals surface area contributed by atoms with Gasteiger partial charge in [-0.2, -0.15) is 0 Å². The van der Waals surface area contributed by atoms with Gasteiger partial charge in [-0.15, -0.1) is 0 Å². The topological polar surface area (TPSA) is 0 Å². The summed E-state index contributed by atoms with van der Waals surface area (Å²) < 4.78 is 1.15. The summed E-state index contributed by atoms with van der Waals surface area (Å²) in [5.74, 6) is 0. The molecule has 0 rings (SSSR count). The fraction of sp³-hybridized carbons (Fsp3) is 0.857. The summed E-state index contributed by atoms with van der Waals surface area (Å²) in [6.07, 6.45) is 11.6. The second-order valence-corrected chi connectivity index (χ2v) is 4.40. The molecule has 0 aliphatic carbocycles. The molecule has 0 atom stereocenters. The van der Waals surface area contributed by atoms with E-state index in [0.717, 1.165) is 4.48 Å². The zero-order valence-electron chi connectivity index (χ0n) is 11.3. The lowest BCUT2D eigenvalue weighted by Crippen LogP contribution is -2.41. The van der Waals surface area contributed by atoms with E-state index in [1.807, 2.05) is 0 Å². The fourth-order valence-corrected chi connectivity index (χ4v) is 1.97. The van der Waals surface area contributed by atoms with Crippen molar-refractivity contribution in [2.24, 2.45) is 0 Å². The predicted octanol–water partition coefficient (Wildman–Crippen LogP) is 4.35. The van der Waals surface area contributed by atoms with E-state index in [-0.39, 0.29) is 0 Å². The maximum atomic E-state index is 2.42. The molecule has 0 bridgehead atoms. The van der Waals surface area contributed by atoms with Crippen molar-refractivity contribution in [1.29, 1.82) is 0 Å². The molecule has 0 aliphatic rings. The van der Waals surface area contributed by atoms with Gasteiger partial charge in [-0.1, -0.05) is 26.2 Å². The van der Waals surface area contributed by atoms with Crippen LogP contribution in [0.2, 0.25) is 0 Å². The molecule has 0 aromatic heterocycles. The van der Waals surface area contributed by atoms with Gasteiger partial charge in [0.1, 0.15) is 0 Å². The first-order valence-corrected chi connectivity index (χ1v) is 6.78. The van der Waals surface area contributed by atoms with Crippen molar-refractivity contribution < 1.29 is 4.48 Å².